The van der Waals surface area contributed by atoms with Gasteiger partial charge in [-0.1, -0.05) is 44.2 Å². The number of rotatable bonds is 7. The van der Waals surface area contributed by atoms with E-state index in [1.54, 1.807) is 0 Å². The van der Waals surface area contributed by atoms with Gasteiger partial charge in [-0.15, -0.1) is 0 Å². The highest BCUT2D eigenvalue weighted by molar-refractivity contribution is 5.13. The third kappa shape index (κ3) is 3.87. The minimum absolute atomic E-state index is 0.0436. The molecule has 0 bridgehead atoms. The van der Waals surface area contributed by atoms with Gasteiger partial charge in [-0.2, -0.15) is 0 Å². The molecule has 0 saturated carbocycles. The first-order chi connectivity index (χ1) is 10.7. The highest BCUT2D eigenvalue weighted by Gasteiger charge is 2.47. The van der Waals surface area contributed by atoms with Crippen LogP contribution in [0, 0.1) is 5.92 Å². The zero-order valence-corrected chi connectivity index (χ0v) is 13.5. The zero-order chi connectivity index (χ0) is 15.4. The van der Waals surface area contributed by atoms with Crippen LogP contribution >= 0.6 is 0 Å². The van der Waals surface area contributed by atoms with Crippen LogP contribution in [0.4, 0.5) is 0 Å². The van der Waals surface area contributed by atoms with Crippen LogP contribution in [0.2, 0.25) is 0 Å². The molecule has 2 fully saturated rings. The number of hydrogen-bond donors (Lipinski definition) is 1. The average molecular weight is 305 g/mol. The second-order valence-corrected chi connectivity index (χ2v) is 6.67. The summed E-state index contributed by atoms with van der Waals surface area (Å²) in [6.07, 6.45) is 1.43. The summed E-state index contributed by atoms with van der Waals surface area (Å²) < 4.78 is 17.9. The number of fused-ring (bicyclic) bond motifs is 1. The number of ether oxygens (including phenoxy) is 3. The fraction of sp³-hybridized carbons (Fsp3) is 0.667. The van der Waals surface area contributed by atoms with Gasteiger partial charge in [0.1, 0.15) is 18.3 Å². The van der Waals surface area contributed by atoms with Crippen LogP contribution in [0.3, 0.4) is 0 Å². The van der Waals surface area contributed by atoms with E-state index < -0.39 is 0 Å². The Morgan fingerprint density at radius 3 is 2.68 bits per heavy atom. The first-order valence-corrected chi connectivity index (χ1v) is 8.36. The largest absolute Gasteiger partial charge is 0.371 e. The monoisotopic (exact) mass is 305 g/mol. The van der Waals surface area contributed by atoms with Gasteiger partial charge in [0.25, 0.3) is 0 Å². The van der Waals surface area contributed by atoms with Gasteiger partial charge in [-0.3, -0.25) is 0 Å². The second-order valence-electron chi connectivity index (χ2n) is 6.67. The summed E-state index contributed by atoms with van der Waals surface area (Å²) in [6, 6.07) is 10.6. The van der Waals surface area contributed by atoms with E-state index in [-0.39, 0.29) is 18.3 Å². The summed E-state index contributed by atoms with van der Waals surface area (Å²) >= 11 is 0. The Hall–Kier alpha value is -0.940. The Bertz CT molecular complexity index is 451. The number of hydrogen-bond acceptors (Lipinski definition) is 4. The summed E-state index contributed by atoms with van der Waals surface area (Å²) in [4.78, 5) is 0. The lowest BCUT2D eigenvalue weighted by Gasteiger charge is -2.18. The minimum atomic E-state index is 0.0436. The quantitative estimate of drug-likeness (QED) is 0.839. The molecule has 0 radical (unpaired) electrons. The van der Waals surface area contributed by atoms with Gasteiger partial charge in [0.2, 0.25) is 0 Å². The lowest BCUT2D eigenvalue weighted by Crippen LogP contribution is -2.42. The van der Waals surface area contributed by atoms with Crippen molar-refractivity contribution < 1.29 is 14.2 Å². The molecule has 122 valence electrons. The summed E-state index contributed by atoms with van der Waals surface area (Å²) in [6.45, 7) is 7.48. The maximum Gasteiger partial charge on any atom is 0.114 e. The van der Waals surface area contributed by atoms with Gasteiger partial charge in [0, 0.05) is 0 Å². The molecule has 3 rings (SSSR count). The Morgan fingerprint density at radius 1 is 1.14 bits per heavy atom. The molecule has 1 aromatic rings. The summed E-state index contributed by atoms with van der Waals surface area (Å²) in [7, 11) is 0. The topological polar surface area (TPSA) is 39.7 Å². The van der Waals surface area contributed by atoms with Crippen LogP contribution < -0.4 is 5.32 Å². The van der Waals surface area contributed by atoms with Crippen molar-refractivity contribution in [1.29, 1.82) is 0 Å². The van der Waals surface area contributed by atoms with Crippen molar-refractivity contribution in [2.75, 3.05) is 19.8 Å². The number of nitrogens with one attached hydrogen (secondary N) is 1. The molecule has 0 aromatic heterocycles. The van der Waals surface area contributed by atoms with Crippen molar-refractivity contribution in [3.63, 3.8) is 0 Å². The van der Waals surface area contributed by atoms with E-state index in [4.69, 9.17) is 14.2 Å². The third-order valence-corrected chi connectivity index (χ3v) is 4.44. The Kier molecular flexibility index (Phi) is 5.47. The van der Waals surface area contributed by atoms with Crippen molar-refractivity contribution >= 4 is 0 Å². The molecule has 1 N–H and O–H groups in total. The van der Waals surface area contributed by atoms with Gasteiger partial charge >= 0.3 is 0 Å². The molecule has 0 spiro atoms. The van der Waals surface area contributed by atoms with Crippen molar-refractivity contribution in [2.24, 2.45) is 5.92 Å². The van der Waals surface area contributed by atoms with Crippen LogP contribution in [0.5, 0.6) is 0 Å². The minimum Gasteiger partial charge on any atom is -0.371 e. The molecule has 2 saturated heterocycles. The first-order valence-electron chi connectivity index (χ1n) is 8.36. The fourth-order valence-corrected chi connectivity index (χ4v) is 3.12. The van der Waals surface area contributed by atoms with Crippen molar-refractivity contribution in [3.05, 3.63) is 35.9 Å². The Morgan fingerprint density at radius 2 is 1.91 bits per heavy atom. The summed E-state index contributed by atoms with van der Waals surface area (Å²) in [5.74, 6) is 0.720. The smallest absolute Gasteiger partial charge is 0.114 e. The molecule has 2 heterocycles. The van der Waals surface area contributed by atoms with Crippen LogP contribution in [-0.4, -0.2) is 44.1 Å². The third-order valence-electron chi connectivity index (χ3n) is 4.44. The van der Waals surface area contributed by atoms with E-state index in [0.29, 0.717) is 19.3 Å². The van der Waals surface area contributed by atoms with Crippen LogP contribution in [-0.2, 0) is 20.8 Å². The SMILES string of the molecule is CC(C)CCN[C@@H]1CO[C@H]2[C@@H]1OC[C@@H]2OCc1ccccc1. The molecular weight excluding hydrogens is 278 g/mol. The molecule has 4 heteroatoms. The van der Waals surface area contributed by atoms with Crippen LogP contribution in [0.1, 0.15) is 25.8 Å². The maximum atomic E-state index is 6.02. The number of benzene rings is 1. The van der Waals surface area contributed by atoms with Gasteiger partial charge in [-0.05, 0) is 24.4 Å². The summed E-state index contributed by atoms with van der Waals surface area (Å²) in [5.41, 5.74) is 1.19. The molecular formula is C18H27NO3. The second kappa shape index (κ2) is 7.55. The van der Waals surface area contributed by atoms with E-state index in [1.807, 2.05) is 18.2 Å². The molecule has 0 unspecified atom stereocenters. The predicted octanol–water partition coefficient (Wildman–Crippen LogP) is 2.37. The maximum absolute atomic E-state index is 6.02. The Labute approximate surface area is 133 Å². The van der Waals surface area contributed by atoms with Crippen molar-refractivity contribution in [3.8, 4) is 0 Å². The molecule has 0 amide bonds. The molecule has 4 nitrogen and oxygen atoms in total. The van der Waals surface area contributed by atoms with Gasteiger partial charge < -0.3 is 19.5 Å². The normalized spacial score (nSPS) is 30.9. The highest BCUT2D eigenvalue weighted by Crippen LogP contribution is 2.29. The first kappa shape index (κ1) is 15.9. The standard InChI is InChI=1S/C18H27NO3/c1-13(2)8-9-19-15-11-21-18-16(12-22-17(15)18)20-10-14-6-4-3-5-7-14/h3-7,13,15-19H,8-12H2,1-2H3/t15-,16+,17-,18-/m1/s1. The van der Waals surface area contributed by atoms with Gasteiger partial charge in [0.15, 0.2) is 0 Å². The van der Waals surface area contributed by atoms with Crippen LogP contribution in [0.15, 0.2) is 30.3 Å². The predicted molar refractivity (Wildman–Crippen MR) is 85.7 cm³/mol. The fourth-order valence-electron chi connectivity index (χ4n) is 3.12. The molecule has 2 aliphatic rings. The van der Waals surface area contributed by atoms with Crippen molar-refractivity contribution in [1.82, 2.24) is 5.32 Å². The van der Waals surface area contributed by atoms with E-state index in [9.17, 15) is 0 Å². The average Bonchev–Trinajstić information content (AvgIpc) is 3.09. The van der Waals surface area contributed by atoms with E-state index in [1.165, 1.54) is 12.0 Å². The summed E-state index contributed by atoms with van der Waals surface area (Å²) in [5, 5.41) is 3.57. The van der Waals surface area contributed by atoms with E-state index in [0.717, 1.165) is 19.1 Å². The van der Waals surface area contributed by atoms with Crippen LogP contribution in [0.25, 0.3) is 0 Å². The van der Waals surface area contributed by atoms with Gasteiger partial charge in [-0.25, -0.2) is 0 Å². The molecule has 22 heavy (non-hydrogen) atoms. The molecule has 0 aliphatic carbocycles. The molecule has 4 atom stereocenters. The zero-order valence-electron chi connectivity index (χ0n) is 13.5. The molecule has 2 aliphatic heterocycles. The van der Waals surface area contributed by atoms with E-state index >= 15 is 0 Å². The lowest BCUT2D eigenvalue weighted by atomic mass is 10.1. The van der Waals surface area contributed by atoms with Gasteiger partial charge in [0.05, 0.1) is 25.9 Å². The lowest BCUT2D eigenvalue weighted by molar-refractivity contribution is -0.0393. The molecule has 1 aromatic carbocycles. The highest BCUT2D eigenvalue weighted by atomic mass is 16.6. The van der Waals surface area contributed by atoms with Crippen molar-refractivity contribution in [2.45, 2.75) is 51.2 Å². The Balaban J connectivity index is 1.45. The van der Waals surface area contributed by atoms with E-state index in [2.05, 4.69) is 31.3 Å².